The van der Waals surface area contributed by atoms with E-state index in [-0.39, 0.29) is 0 Å². The number of hydrogen-bond acceptors (Lipinski definition) is 3. The molecule has 4 heteroatoms. The topological polar surface area (TPSA) is 52.6 Å². The van der Waals surface area contributed by atoms with Crippen molar-refractivity contribution in [2.75, 3.05) is 20.1 Å². The maximum Gasteiger partial charge on any atom is 0.335 e. The number of carboxylic acid groups (broad SMARTS) is 1. The summed E-state index contributed by atoms with van der Waals surface area (Å²) >= 11 is 0. The Morgan fingerprint density at radius 3 is 2.62 bits per heavy atom. The molecule has 0 spiro atoms. The van der Waals surface area contributed by atoms with Crippen molar-refractivity contribution in [2.45, 2.75) is 39.3 Å². The lowest BCUT2D eigenvalue weighted by Gasteiger charge is -2.45. The lowest BCUT2D eigenvalue weighted by atomic mass is 9.76. The van der Waals surface area contributed by atoms with Crippen molar-refractivity contribution in [3.63, 3.8) is 0 Å². The predicted molar refractivity (Wildman–Crippen MR) is 84.5 cm³/mol. The van der Waals surface area contributed by atoms with Gasteiger partial charge < -0.3 is 15.3 Å². The van der Waals surface area contributed by atoms with Gasteiger partial charge in [-0.05, 0) is 49.5 Å². The average Bonchev–Trinajstić information content (AvgIpc) is 2.42. The second kappa shape index (κ2) is 6.58. The van der Waals surface area contributed by atoms with Gasteiger partial charge in [-0.1, -0.05) is 26.0 Å². The third-order valence-corrected chi connectivity index (χ3v) is 4.63. The molecule has 0 bridgehead atoms. The van der Waals surface area contributed by atoms with E-state index in [1.165, 1.54) is 19.4 Å². The normalized spacial score (nSPS) is 22.1. The van der Waals surface area contributed by atoms with Crippen molar-refractivity contribution in [1.82, 2.24) is 10.2 Å². The van der Waals surface area contributed by atoms with Gasteiger partial charge in [0.25, 0.3) is 0 Å². The van der Waals surface area contributed by atoms with Crippen molar-refractivity contribution in [2.24, 2.45) is 5.41 Å². The van der Waals surface area contributed by atoms with Gasteiger partial charge in [-0.2, -0.15) is 0 Å². The minimum atomic E-state index is -0.875. The summed E-state index contributed by atoms with van der Waals surface area (Å²) in [6, 6.07) is 7.63. The first-order valence-corrected chi connectivity index (χ1v) is 7.63. The first-order valence-electron chi connectivity index (χ1n) is 7.63. The molecule has 21 heavy (non-hydrogen) atoms. The van der Waals surface area contributed by atoms with E-state index in [4.69, 9.17) is 5.11 Å². The van der Waals surface area contributed by atoms with Crippen LogP contribution in [0.4, 0.5) is 0 Å². The van der Waals surface area contributed by atoms with E-state index in [1.807, 2.05) is 12.1 Å². The second-order valence-electron chi connectivity index (χ2n) is 6.72. The number of carbonyl (C=O) groups is 1. The average molecular weight is 290 g/mol. The summed E-state index contributed by atoms with van der Waals surface area (Å²) in [6.45, 7) is 7.60. The third kappa shape index (κ3) is 4.05. The molecule has 1 aromatic rings. The highest BCUT2D eigenvalue weighted by atomic mass is 16.4. The third-order valence-electron chi connectivity index (χ3n) is 4.63. The van der Waals surface area contributed by atoms with Crippen LogP contribution in [0.15, 0.2) is 24.3 Å². The Kier molecular flexibility index (Phi) is 5.01. The quantitative estimate of drug-likeness (QED) is 0.875. The smallest absolute Gasteiger partial charge is 0.335 e. The summed E-state index contributed by atoms with van der Waals surface area (Å²) in [5.41, 5.74) is 1.80. The van der Waals surface area contributed by atoms with Gasteiger partial charge in [-0.3, -0.25) is 0 Å². The van der Waals surface area contributed by atoms with Gasteiger partial charge in [-0.25, -0.2) is 4.79 Å². The molecule has 1 heterocycles. The predicted octanol–water partition coefficient (Wildman–Crippen LogP) is 2.59. The number of aromatic carboxylic acids is 1. The van der Waals surface area contributed by atoms with Crippen LogP contribution < -0.4 is 5.32 Å². The van der Waals surface area contributed by atoms with E-state index in [2.05, 4.69) is 31.1 Å². The molecule has 1 aromatic carbocycles. The molecular weight excluding hydrogens is 264 g/mol. The van der Waals surface area contributed by atoms with Crippen LogP contribution in [-0.4, -0.2) is 42.2 Å². The maximum absolute atomic E-state index is 10.8. The fourth-order valence-electron chi connectivity index (χ4n) is 3.25. The number of likely N-dealkylation sites (tertiary alicyclic amines) is 1. The second-order valence-corrected chi connectivity index (χ2v) is 6.72. The summed E-state index contributed by atoms with van der Waals surface area (Å²) in [5.74, 6) is -0.875. The molecule has 1 saturated heterocycles. The summed E-state index contributed by atoms with van der Waals surface area (Å²) < 4.78 is 0. The Balaban J connectivity index is 1.87. The van der Waals surface area contributed by atoms with Crippen LogP contribution in [0, 0.1) is 5.41 Å². The SMILES string of the molecule is CN1CCCC(C)(C)C1CNCc1ccc(C(=O)O)cc1. The number of carboxylic acids is 1. The van der Waals surface area contributed by atoms with Gasteiger partial charge in [-0.15, -0.1) is 0 Å². The molecule has 0 amide bonds. The molecule has 0 radical (unpaired) electrons. The van der Waals surface area contributed by atoms with E-state index in [1.54, 1.807) is 12.1 Å². The molecule has 4 nitrogen and oxygen atoms in total. The summed E-state index contributed by atoms with van der Waals surface area (Å²) in [4.78, 5) is 13.3. The molecule has 0 saturated carbocycles. The minimum absolute atomic E-state index is 0.340. The fourth-order valence-corrected chi connectivity index (χ4v) is 3.25. The molecule has 1 unspecified atom stereocenters. The number of likely N-dealkylation sites (N-methyl/N-ethyl adjacent to an activating group) is 1. The zero-order valence-electron chi connectivity index (χ0n) is 13.2. The molecule has 2 N–H and O–H groups in total. The summed E-state index contributed by atoms with van der Waals surface area (Å²) in [6.07, 6.45) is 2.55. The Bertz CT molecular complexity index is 482. The molecule has 1 fully saturated rings. The highest BCUT2D eigenvalue weighted by molar-refractivity contribution is 5.87. The fraction of sp³-hybridized carbons (Fsp3) is 0.588. The molecule has 1 aliphatic heterocycles. The monoisotopic (exact) mass is 290 g/mol. The number of rotatable bonds is 5. The number of hydrogen-bond donors (Lipinski definition) is 2. The molecular formula is C17H26N2O2. The van der Waals surface area contributed by atoms with Crippen LogP contribution in [0.2, 0.25) is 0 Å². The Hall–Kier alpha value is -1.39. The van der Waals surface area contributed by atoms with Crippen molar-refractivity contribution >= 4 is 5.97 Å². The Morgan fingerprint density at radius 1 is 1.38 bits per heavy atom. The van der Waals surface area contributed by atoms with Gasteiger partial charge in [0.1, 0.15) is 0 Å². The van der Waals surface area contributed by atoms with E-state index in [0.29, 0.717) is 17.0 Å². The van der Waals surface area contributed by atoms with E-state index in [9.17, 15) is 4.79 Å². The molecule has 1 atom stereocenters. The molecule has 1 aliphatic rings. The zero-order chi connectivity index (χ0) is 15.5. The van der Waals surface area contributed by atoms with Crippen LogP contribution >= 0.6 is 0 Å². The number of piperidine rings is 1. The van der Waals surface area contributed by atoms with Gasteiger partial charge in [0, 0.05) is 19.1 Å². The van der Waals surface area contributed by atoms with Crippen LogP contribution in [0.5, 0.6) is 0 Å². The highest BCUT2D eigenvalue weighted by Gasteiger charge is 2.35. The van der Waals surface area contributed by atoms with Crippen molar-refractivity contribution in [1.29, 1.82) is 0 Å². The first-order chi connectivity index (χ1) is 9.90. The number of benzene rings is 1. The first kappa shape index (κ1) is 16.0. The van der Waals surface area contributed by atoms with E-state index in [0.717, 1.165) is 18.7 Å². The zero-order valence-corrected chi connectivity index (χ0v) is 13.2. The lowest BCUT2D eigenvalue weighted by Crippen LogP contribution is -2.52. The minimum Gasteiger partial charge on any atom is -0.478 e. The van der Waals surface area contributed by atoms with Crippen molar-refractivity contribution in [3.8, 4) is 0 Å². The van der Waals surface area contributed by atoms with Crippen LogP contribution in [0.1, 0.15) is 42.6 Å². The molecule has 2 rings (SSSR count). The summed E-state index contributed by atoms with van der Waals surface area (Å²) in [5, 5.41) is 12.4. The lowest BCUT2D eigenvalue weighted by molar-refractivity contribution is 0.0580. The van der Waals surface area contributed by atoms with Crippen molar-refractivity contribution < 1.29 is 9.90 Å². The van der Waals surface area contributed by atoms with Crippen molar-refractivity contribution in [3.05, 3.63) is 35.4 Å². The van der Waals surface area contributed by atoms with E-state index < -0.39 is 5.97 Å². The number of nitrogens with one attached hydrogen (secondary N) is 1. The Morgan fingerprint density at radius 2 is 2.05 bits per heavy atom. The van der Waals surface area contributed by atoms with Crippen LogP contribution in [-0.2, 0) is 6.54 Å². The Labute approximate surface area is 127 Å². The highest BCUT2D eigenvalue weighted by Crippen LogP contribution is 2.33. The van der Waals surface area contributed by atoms with Crippen LogP contribution in [0.3, 0.4) is 0 Å². The van der Waals surface area contributed by atoms with Gasteiger partial charge in [0.05, 0.1) is 5.56 Å². The van der Waals surface area contributed by atoms with Crippen LogP contribution in [0.25, 0.3) is 0 Å². The van der Waals surface area contributed by atoms with Gasteiger partial charge in [0.15, 0.2) is 0 Å². The standard InChI is InChI=1S/C17H26N2O2/c1-17(2)9-4-10-19(3)15(17)12-18-11-13-5-7-14(8-6-13)16(20)21/h5-8,15,18H,4,9-12H2,1-3H3,(H,20,21). The molecule has 0 aromatic heterocycles. The maximum atomic E-state index is 10.8. The van der Waals surface area contributed by atoms with E-state index >= 15 is 0 Å². The summed E-state index contributed by atoms with van der Waals surface area (Å²) in [7, 11) is 2.20. The molecule has 116 valence electrons. The van der Waals surface area contributed by atoms with Gasteiger partial charge >= 0.3 is 5.97 Å². The molecule has 0 aliphatic carbocycles. The largest absolute Gasteiger partial charge is 0.478 e. The van der Waals surface area contributed by atoms with Gasteiger partial charge in [0.2, 0.25) is 0 Å². The number of nitrogens with zero attached hydrogens (tertiary/aromatic N) is 1.